The Balaban J connectivity index is 1.40. The first kappa shape index (κ1) is 13.4. The van der Waals surface area contributed by atoms with Gasteiger partial charge in [-0.2, -0.15) is 0 Å². The maximum absolute atomic E-state index is 5.88. The van der Waals surface area contributed by atoms with Crippen LogP contribution in [0.3, 0.4) is 0 Å². The van der Waals surface area contributed by atoms with Crippen LogP contribution in [0.2, 0.25) is 0 Å². The van der Waals surface area contributed by atoms with E-state index in [9.17, 15) is 0 Å². The lowest BCUT2D eigenvalue weighted by atomic mass is 10.3. The van der Waals surface area contributed by atoms with E-state index < -0.39 is 0 Å². The number of nitrogen functional groups attached to an aromatic ring is 1. The zero-order chi connectivity index (χ0) is 15.6. The number of hydrogen-bond donors (Lipinski definition) is 4. The minimum Gasteiger partial charge on any atom is -0.382 e. The van der Waals surface area contributed by atoms with Gasteiger partial charge >= 0.3 is 0 Å². The summed E-state index contributed by atoms with van der Waals surface area (Å²) in [6, 6.07) is 0. The summed E-state index contributed by atoms with van der Waals surface area (Å²) < 4.78 is 0. The average molecular weight is 310 g/mol. The third-order valence-electron chi connectivity index (χ3n) is 3.45. The lowest BCUT2D eigenvalue weighted by Crippen LogP contribution is -2.07. The number of nitrogens with one attached hydrogen (secondary N) is 3. The van der Waals surface area contributed by atoms with E-state index in [1.807, 2.05) is 0 Å². The van der Waals surface area contributed by atoms with Crippen LogP contribution in [0.1, 0.15) is 12.2 Å². The molecule has 0 unspecified atom stereocenters. The van der Waals surface area contributed by atoms with Crippen molar-refractivity contribution in [3.05, 3.63) is 24.8 Å². The molecular formula is C13H14N10. The number of H-pyrrole nitrogens is 2. The van der Waals surface area contributed by atoms with Crippen LogP contribution in [0, 0.1) is 0 Å². The molecule has 0 atom stereocenters. The van der Waals surface area contributed by atoms with Crippen LogP contribution in [0.15, 0.2) is 19.0 Å². The quantitative estimate of drug-likeness (QED) is 0.393. The molecule has 0 fully saturated rings. The minimum atomic E-state index is 0.422. The van der Waals surface area contributed by atoms with Crippen molar-refractivity contribution < 1.29 is 0 Å². The van der Waals surface area contributed by atoms with Gasteiger partial charge in [-0.1, -0.05) is 0 Å². The van der Waals surface area contributed by atoms with Gasteiger partial charge in [0.15, 0.2) is 22.9 Å². The second-order valence-corrected chi connectivity index (χ2v) is 4.98. The molecule has 0 saturated heterocycles. The van der Waals surface area contributed by atoms with Gasteiger partial charge in [-0.15, -0.1) is 0 Å². The number of anilines is 2. The van der Waals surface area contributed by atoms with Crippen LogP contribution >= 0.6 is 0 Å². The molecule has 4 rings (SSSR count). The van der Waals surface area contributed by atoms with Gasteiger partial charge in [0.25, 0.3) is 0 Å². The van der Waals surface area contributed by atoms with Crippen molar-refractivity contribution in [1.29, 1.82) is 0 Å². The van der Waals surface area contributed by atoms with Crippen molar-refractivity contribution in [3.8, 4) is 0 Å². The van der Waals surface area contributed by atoms with Crippen LogP contribution in [-0.2, 0) is 6.42 Å². The van der Waals surface area contributed by atoms with E-state index in [0.717, 1.165) is 17.8 Å². The number of aryl methyl sites for hydroxylation is 1. The van der Waals surface area contributed by atoms with Gasteiger partial charge in [0, 0.05) is 13.0 Å². The van der Waals surface area contributed by atoms with Crippen molar-refractivity contribution in [2.45, 2.75) is 12.8 Å². The number of imidazole rings is 2. The molecule has 4 aromatic heterocycles. The predicted molar refractivity (Wildman–Crippen MR) is 84.6 cm³/mol. The first-order valence-corrected chi connectivity index (χ1v) is 7.14. The molecular weight excluding hydrogens is 296 g/mol. The topological polar surface area (TPSA) is 147 Å². The van der Waals surface area contributed by atoms with E-state index in [0.29, 0.717) is 41.4 Å². The number of nitrogens with two attached hydrogens (primary N) is 1. The second kappa shape index (κ2) is 5.48. The van der Waals surface area contributed by atoms with Gasteiger partial charge in [-0.3, -0.25) is 0 Å². The zero-order valence-corrected chi connectivity index (χ0v) is 12.1. The molecule has 0 amide bonds. The summed E-state index contributed by atoms with van der Waals surface area (Å²) in [5.74, 6) is 1.83. The van der Waals surface area contributed by atoms with E-state index >= 15 is 0 Å². The third-order valence-corrected chi connectivity index (χ3v) is 3.45. The predicted octanol–water partition coefficient (Wildman–Crippen LogP) is 0.646. The number of nitrogens with zero attached hydrogens (tertiary/aromatic N) is 6. The fraction of sp³-hybridized carbons (Fsp3) is 0.231. The van der Waals surface area contributed by atoms with Crippen LogP contribution in [0.25, 0.3) is 22.3 Å². The fourth-order valence-corrected chi connectivity index (χ4v) is 2.37. The molecule has 0 aliphatic carbocycles. The van der Waals surface area contributed by atoms with Gasteiger partial charge in [-0.25, -0.2) is 29.9 Å². The summed E-state index contributed by atoms with van der Waals surface area (Å²) in [4.78, 5) is 31.1. The first-order valence-electron chi connectivity index (χ1n) is 7.14. The van der Waals surface area contributed by atoms with Crippen molar-refractivity contribution in [1.82, 2.24) is 39.9 Å². The Hall–Kier alpha value is -3.30. The number of hydrogen-bond acceptors (Lipinski definition) is 8. The molecule has 0 saturated carbocycles. The van der Waals surface area contributed by atoms with E-state index in [1.165, 1.54) is 6.33 Å². The van der Waals surface area contributed by atoms with E-state index in [4.69, 9.17) is 5.73 Å². The smallest absolute Gasteiger partial charge is 0.183 e. The first-order chi connectivity index (χ1) is 11.3. The maximum atomic E-state index is 5.88. The largest absolute Gasteiger partial charge is 0.382 e. The Morgan fingerprint density at radius 2 is 1.78 bits per heavy atom. The summed E-state index contributed by atoms with van der Waals surface area (Å²) in [5, 5.41) is 3.26. The summed E-state index contributed by atoms with van der Waals surface area (Å²) in [6.45, 7) is 0.715. The SMILES string of the molecule is Nc1nc(CCCNc2ncnc3nc[nH]c23)nc2nc[nH]c12. The molecule has 4 heterocycles. The molecule has 23 heavy (non-hydrogen) atoms. The molecule has 10 heteroatoms. The molecule has 4 aromatic rings. The molecule has 116 valence electrons. The Morgan fingerprint density at radius 1 is 0.957 bits per heavy atom. The highest BCUT2D eigenvalue weighted by Crippen LogP contribution is 2.15. The highest BCUT2D eigenvalue weighted by atomic mass is 15.1. The van der Waals surface area contributed by atoms with Crippen LogP contribution in [0.4, 0.5) is 11.6 Å². The normalized spacial score (nSPS) is 11.3. The van der Waals surface area contributed by atoms with Crippen molar-refractivity contribution in [3.63, 3.8) is 0 Å². The molecule has 10 nitrogen and oxygen atoms in total. The average Bonchev–Trinajstić information content (AvgIpc) is 3.20. The van der Waals surface area contributed by atoms with Crippen LogP contribution < -0.4 is 11.1 Å². The zero-order valence-electron chi connectivity index (χ0n) is 12.1. The van der Waals surface area contributed by atoms with Gasteiger partial charge in [0.2, 0.25) is 0 Å². The Kier molecular flexibility index (Phi) is 3.18. The second-order valence-electron chi connectivity index (χ2n) is 4.98. The summed E-state index contributed by atoms with van der Waals surface area (Å²) in [5.41, 5.74) is 8.59. The van der Waals surface area contributed by atoms with Crippen molar-refractivity contribution in [2.24, 2.45) is 0 Å². The minimum absolute atomic E-state index is 0.422. The molecule has 0 bridgehead atoms. The maximum Gasteiger partial charge on any atom is 0.183 e. The summed E-state index contributed by atoms with van der Waals surface area (Å²) >= 11 is 0. The van der Waals surface area contributed by atoms with Crippen molar-refractivity contribution in [2.75, 3.05) is 17.6 Å². The van der Waals surface area contributed by atoms with Crippen molar-refractivity contribution >= 4 is 34.0 Å². The van der Waals surface area contributed by atoms with Gasteiger partial charge in [0.1, 0.15) is 23.2 Å². The molecule has 0 spiro atoms. The number of aromatic amines is 2. The number of aromatic nitrogens is 8. The summed E-state index contributed by atoms with van der Waals surface area (Å²) in [7, 11) is 0. The molecule has 5 N–H and O–H groups in total. The van der Waals surface area contributed by atoms with E-state index in [1.54, 1.807) is 12.7 Å². The number of fused-ring (bicyclic) bond motifs is 2. The standard InChI is InChI=1S/C13H14N10/c14-10-8-13(21-4-16-8)23-7(22-10)2-1-3-15-11-9-12(18-5-17-9)20-6-19-11/h4-6H,1-3H2,(H3,14,16,21,22,23)(H2,15,17,18,19,20). The van der Waals surface area contributed by atoms with Crippen LogP contribution in [-0.4, -0.2) is 46.4 Å². The van der Waals surface area contributed by atoms with Crippen LogP contribution in [0.5, 0.6) is 0 Å². The third kappa shape index (κ3) is 2.50. The Labute approximate surface area is 130 Å². The number of rotatable bonds is 5. The summed E-state index contributed by atoms with van der Waals surface area (Å²) in [6.07, 6.45) is 6.17. The Bertz CT molecular complexity index is 956. The molecule has 0 radical (unpaired) electrons. The van der Waals surface area contributed by atoms with Gasteiger partial charge in [0.05, 0.1) is 12.7 Å². The lowest BCUT2D eigenvalue weighted by Gasteiger charge is -2.06. The highest BCUT2D eigenvalue weighted by Gasteiger charge is 2.08. The van der Waals surface area contributed by atoms with E-state index in [-0.39, 0.29) is 0 Å². The fourth-order valence-electron chi connectivity index (χ4n) is 2.37. The molecule has 0 aromatic carbocycles. The van der Waals surface area contributed by atoms with Gasteiger partial charge < -0.3 is 21.0 Å². The molecule has 0 aliphatic heterocycles. The highest BCUT2D eigenvalue weighted by molar-refractivity contribution is 5.82. The van der Waals surface area contributed by atoms with E-state index in [2.05, 4.69) is 45.2 Å². The monoisotopic (exact) mass is 310 g/mol. The van der Waals surface area contributed by atoms with Gasteiger partial charge in [-0.05, 0) is 6.42 Å². The Morgan fingerprint density at radius 3 is 2.70 bits per heavy atom. The lowest BCUT2D eigenvalue weighted by molar-refractivity contribution is 0.806. The molecule has 0 aliphatic rings.